The third-order valence-electron chi connectivity index (χ3n) is 3.42. The molecular weight excluding hydrogens is 268 g/mol. The van der Waals surface area contributed by atoms with Crippen LogP contribution in [0.4, 0.5) is 0 Å². The summed E-state index contributed by atoms with van der Waals surface area (Å²) in [5.41, 5.74) is 2.46. The molecule has 0 radical (unpaired) electrons. The van der Waals surface area contributed by atoms with Gasteiger partial charge >= 0.3 is 0 Å². The predicted molar refractivity (Wildman–Crippen MR) is 77.0 cm³/mol. The van der Waals surface area contributed by atoms with E-state index in [2.05, 4.69) is 20.2 Å². The molecule has 0 aliphatic carbocycles. The van der Waals surface area contributed by atoms with Gasteiger partial charge < -0.3 is 4.74 Å². The van der Waals surface area contributed by atoms with E-state index >= 15 is 0 Å². The van der Waals surface area contributed by atoms with Gasteiger partial charge in [-0.15, -0.1) is 5.10 Å². The Kier molecular flexibility index (Phi) is 2.41. The molecule has 0 saturated heterocycles. The highest BCUT2D eigenvalue weighted by atomic mass is 16.5. The number of ether oxygens (including phenoxy) is 1. The lowest BCUT2D eigenvalue weighted by Crippen LogP contribution is -1.94. The summed E-state index contributed by atoms with van der Waals surface area (Å²) in [5, 5.41) is 9.55. The third kappa shape index (κ3) is 1.74. The quantitative estimate of drug-likeness (QED) is 0.559. The molecule has 0 saturated carbocycles. The molecule has 3 heterocycles. The molecule has 104 valence electrons. The Morgan fingerprint density at radius 3 is 2.67 bits per heavy atom. The number of hydrogen-bond donors (Lipinski definition) is 0. The maximum Gasteiger partial charge on any atom is 0.182 e. The zero-order valence-corrected chi connectivity index (χ0v) is 11.6. The minimum absolute atomic E-state index is 0.649. The maximum absolute atomic E-state index is 5.16. The normalized spacial score (nSPS) is 11.3. The Balaban J connectivity index is 1.91. The average Bonchev–Trinajstić information content (AvgIpc) is 3.11. The molecule has 0 fully saturated rings. The van der Waals surface area contributed by atoms with Crippen molar-refractivity contribution in [3.63, 3.8) is 0 Å². The predicted octanol–water partition coefficient (Wildman–Crippen LogP) is 1.69. The number of aryl methyl sites for hydroxylation is 1. The average molecular weight is 280 g/mol. The number of fused-ring (bicyclic) bond motifs is 3. The van der Waals surface area contributed by atoms with Crippen LogP contribution in [0.15, 0.2) is 36.8 Å². The van der Waals surface area contributed by atoms with E-state index in [1.54, 1.807) is 28.8 Å². The van der Waals surface area contributed by atoms with Gasteiger partial charge in [-0.25, -0.2) is 14.5 Å². The lowest BCUT2D eigenvalue weighted by Gasteiger charge is -1.99. The van der Waals surface area contributed by atoms with E-state index in [9.17, 15) is 0 Å². The van der Waals surface area contributed by atoms with Crippen molar-refractivity contribution in [1.82, 2.24) is 29.4 Å². The van der Waals surface area contributed by atoms with E-state index < -0.39 is 0 Å². The second-order valence-corrected chi connectivity index (χ2v) is 4.68. The number of aromatic nitrogens is 6. The highest BCUT2D eigenvalue weighted by Gasteiger charge is 2.12. The number of benzene rings is 1. The van der Waals surface area contributed by atoms with Gasteiger partial charge in [-0.3, -0.25) is 4.68 Å². The molecule has 0 unspecified atom stereocenters. The van der Waals surface area contributed by atoms with Gasteiger partial charge in [-0.2, -0.15) is 5.10 Å². The van der Waals surface area contributed by atoms with Gasteiger partial charge in [0.1, 0.15) is 12.1 Å². The first-order valence-corrected chi connectivity index (χ1v) is 6.44. The Morgan fingerprint density at radius 2 is 1.90 bits per heavy atom. The second-order valence-electron chi connectivity index (χ2n) is 4.68. The lowest BCUT2D eigenvalue weighted by atomic mass is 10.2. The van der Waals surface area contributed by atoms with Gasteiger partial charge in [0, 0.05) is 12.6 Å². The summed E-state index contributed by atoms with van der Waals surface area (Å²) in [6.45, 7) is 0. The van der Waals surface area contributed by atoms with Crippen molar-refractivity contribution >= 4 is 16.7 Å². The van der Waals surface area contributed by atoms with Gasteiger partial charge in [0.2, 0.25) is 0 Å². The van der Waals surface area contributed by atoms with E-state index in [1.807, 2.05) is 31.3 Å². The number of hydrogen-bond acceptors (Lipinski definition) is 5. The Labute approximate surface area is 119 Å². The molecule has 3 aromatic heterocycles. The largest absolute Gasteiger partial charge is 0.497 e. The van der Waals surface area contributed by atoms with E-state index in [0.717, 1.165) is 28.0 Å². The van der Waals surface area contributed by atoms with Crippen LogP contribution in [0.3, 0.4) is 0 Å². The van der Waals surface area contributed by atoms with Crippen molar-refractivity contribution in [1.29, 1.82) is 0 Å². The summed E-state index contributed by atoms with van der Waals surface area (Å²) in [5.74, 6) is 1.45. The Bertz CT molecular complexity index is 937. The highest BCUT2D eigenvalue weighted by Crippen LogP contribution is 2.22. The monoisotopic (exact) mass is 280 g/mol. The fourth-order valence-corrected chi connectivity index (χ4v) is 2.30. The van der Waals surface area contributed by atoms with Crippen molar-refractivity contribution in [3.8, 4) is 17.1 Å². The Hall–Kier alpha value is -2.96. The van der Waals surface area contributed by atoms with Crippen LogP contribution in [0, 0.1) is 0 Å². The van der Waals surface area contributed by atoms with Crippen LogP contribution in [0.5, 0.6) is 5.75 Å². The van der Waals surface area contributed by atoms with Crippen LogP contribution in [0.1, 0.15) is 0 Å². The summed E-state index contributed by atoms with van der Waals surface area (Å²) in [6, 6.07) is 7.64. The summed E-state index contributed by atoms with van der Waals surface area (Å²) in [4.78, 5) is 8.94. The van der Waals surface area contributed by atoms with Gasteiger partial charge in [0.05, 0.1) is 18.7 Å². The summed E-state index contributed by atoms with van der Waals surface area (Å²) in [7, 11) is 3.50. The molecule has 7 nitrogen and oxygen atoms in total. The van der Waals surface area contributed by atoms with Crippen LogP contribution < -0.4 is 4.74 Å². The molecule has 0 N–H and O–H groups in total. The number of methoxy groups -OCH3 is 1. The topological polar surface area (TPSA) is 70.1 Å². The standard InChI is InChI=1S/C14H12N6O/c1-19-13-11(7-16-19)14-17-12(18-20(14)8-15-13)9-3-5-10(21-2)6-4-9/h3-8H,1-2H3. The summed E-state index contributed by atoms with van der Waals surface area (Å²) >= 11 is 0. The van der Waals surface area contributed by atoms with Gasteiger partial charge in [-0.05, 0) is 24.3 Å². The van der Waals surface area contributed by atoms with Crippen molar-refractivity contribution < 1.29 is 4.74 Å². The molecule has 0 amide bonds. The van der Waals surface area contributed by atoms with Crippen molar-refractivity contribution in [2.45, 2.75) is 0 Å². The van der Waals surface area contributed by atoms with Gasteiger partial charge in [0.25, 0.3) is 0 Å². The zero-order valence-electron chi connectivity index (χ0n) is 11.6. The smallest absolute Gasteiger partial charge is 0.182 e. The number of nitrogens with zero attached hydrogens (tertiary/aromatic N) is 6. The van der Waals surface area contributed by atoms with Crippen molar-refractivity contribution in [3.05, 3.63) is 36.8 Å². The molecule has 4 rings (SSSR count). The fourth-order valence-electron chi connectivity index (χ4n) is 2.30. The third-order valence-corrected chi connectivity index (χ3v) is 3.42. The van der Waals surface area contributed by atoms with Crippen LogP contribution in [-0.2, 0) is 7.05 Å². The molecule has 0 aliphatic heterocycles. The molecule has 0 atom stereocenters. The second kappa shape index (κ2) is 4.27. The fraction of sp³-hybridized carbons (Fsp3) is 0.143. The van der Waals surface area contributed by atoms with Crippen LogP contribution in [0.25, 0.3) is 28.1 Å². The van der Waals surface area contributed by atoms with E-state index in [-0.39, 0.29) is 0 Å². The van der Waals surface area contributed by atoms with Crippen molar-refractivity contribution in [2.24, 2.45) is 7.05 Å². The zero-order chi connectivity index (χ0) is 14.4. The first-order valence-electron chi connectivity index (χ1n) is 6.44. The van der Waals surface area contributed by atoms with Crippen LogP contribution in [0.2, 0.25) is 0 Å². The van der Waals surface area contributed by atoms with E-state index in [0.29, 0.717) is 5.82 Å². The lowest BCUT2D eigenvalue weighted by molar-refractivity contribution is 0.415. The molecule has 1 aromatic carbocycles. The van der Waals surface area contributed by atoms with Crippen molar-refractivity contribution in [2.75, 3.05) is 7.11 Å². The highest BCUT2D eigenvalue weighted by molar-refractivity contribution is 5.88. The maximum atomic E-state index is 5.16. The molecule has 0 spiro atoms. The molecule has 0 aliphatic rings. The van der Waals surface area contributed by atoms with Gasteiger partial charge in [0.15, 0.2) is 17.1 Å². The van der Waals surface area contributed by atoms with E-state index in [1.165, 1.54) is 0 Å². The molecule has 0 bridgehead atoms. The minimum atomic E-state index is 0.649. The first-order chi connectivity index (χ1) is 10.3. The van der Waals surface area contributed by atoms with Crippen LogP contribution >= 0.6 is 0 Å². The van der Waals surface area contributed by atoms with Gasteiger partial charge in [-0.1, -0.05) is 0 Å². The molecule has 4 aromatic rings. The summed E-state index contributed by atoms with van der Waals surface area (Å²) in [6.07, 6.45) is 3.41. The van der Waals surface area contributed by atoms with E-state index in [4.69, 9.17) is 4.74 Å². The molecule has 7 heteroatoms. The Morgan fingerprint density at radius 1 is 1.10 bits per heavy atom. The first kappa shape index (κ1) is 11.8. The SMILES string of the molecule is COc1ccc(-c2nc3c4cnn(C)c4ncn3n2)cc1. The molecule has 21 heavy (non-hydrogen) atoms. The summed E-state index contributed by atoms with van der Waals surface area (Å²) < 4.78 is 8.55. The number of rotatable bonds is 2. The molecular formula is C14H12N6O. The minimum Gasteiger partial charge on any atom is -0.497 e. The van der Waals surface area contributed by atoms with Crippen LogP contribution in [-0.4, -0.2) is 36.5 Å².